The molecule has 2 aromatic rings. The highest BCUT2D eigenvalue weighted by molar-refractivity contribution is 6.34. The van der Waals surface area contributed by atoms with Crippen molar-refractivity contribution in [3.63, 3.8) is 0 Å². The second-order valence-electron chi connectivity index (χ2n) is 4.66. The zero-order valence-corrected chi connectivity index (χ0v) is 13.0. The SMILES string of the molecule is COc1cccc([C@H](C)NCc2cc(Cl)cc(Cl)c2)c1. The van der Waals surface area contributed by atoms with E-state index in [0.717, 1.165) is 11.3 Å². The number of nitrogens with one attached hydrogen (secondary N) is 1. The third kappa shape index (κ3) is 4.14. The van der Waals surface area contributed by atoms with Gasteiger partial charge in [0.05, 0.1) is 7.11 Å². The van der Waals surface area contributed by atoms with Crippen molar-refractivity contribution < 1.29 is 4.74 Å². The molecule has 0 heterocycles. The lowest BCUT2D eigenvalue weighted by molar-refractivity contribution is 0.413. The summed E-state index contributed by atoms with van der Waals surface area (Å²) in [6, 6.07) is 13.8. The van der Waals surface area contributed by atoms with E-state index in [1.807, 2.05) is 30.3 Å². The van der Waals surface area contributed by atoms with Crippen LogP contribution in [0, 0.1) is 0 Å². The predicted octanol–water partition coefficient (Wildman–Crippen LogP) is 4.85. The first-order chi connectivity index (χ1) is 9.58. The summed E-state index contributed by atoms with van der Waals surface area (Å²) in [6.07, 6.45) is 0. The molecule has 4 heteroatoms. The standard InChI is InChI=1S/C16H17Cl2NO/c1-11(13-4-3-5-16(8-13)20-2)19-10-12-6-14(17)9-15(18)7-12/h3-9,11,19H,10H2,1-2H3/t11-/m0/s1. The molecule has 0 aliphatic heterocycles. The molecule has 0 aliphatic rings. The van der Waals surface area contributed by atoms with E-state index in [1.54, 1.807) is 13.2 Å². The highest BCUT2D eigenvalue weighted by Gasteiger charge is 2.06. The molecular formula is C16H17Cl2NO. The fourth-order valence-electron chi connectivity index (χ4n) is 2.01. The van der Waals surface area contributed by atoms with Crippen molar-refractivity contribution in [2.24, 2.45) is 0 Å². The molecule has 1 atom stereocenters. The van der Waals surface area contributed by atoms with E-state index in [1.165, 1.54) is 5.56 Å². The summed E-state index contributed by atoms with van der Waals surface area (Å²) in [5, 5.41) is 4.76. The monoisotopic (exact) mass is 309 g/mol. The van der Waals surface area contributed by atoms with Gasteiger partial charge in [-0.05, 0) is 48.4 Å². The first kappa shape index (κ1) is 15.2. The Morgan fingerprint density at radius 1 is 1.10 bits per heavy atom. The molecule has 0 saturated heterocycles. The van der Waals surface area contributed by atoms with Gasteiger partial charge in [0.15, 0.2) is 0 Å². The van der Waals surface area contributed by atoms with Gasteiger partial charge in [-0.1, -0.05) is 35.3 Å². The van der Waals surface area contributed by atoms with Gasteiger partial charge < -0.3 is 10.1 Å². The minimum absolute atomic E-state index is 0.211. The van der Waals surface area contributed by atoms with Gasteiger partial charge in [0.2, 0.25) is 0 Å². The van der Waals surface area contributed by atoms with Gasteiger partial charge in [-0.2, -0.15) is 0 Å². The normalized spacial score (nSPS) is 12.2. The Morgan fingerprint density at radius 2 is 1.80 bits per heavy atom. The maximum atomic E-state index is 5.99. The van der Waals surface area contributed by atoms with Crippen LogP contribution in [0.15, 0.2) is 42.5 Å². The molecule has 0 aromatic heterocycles. The van der Waals surface area contributed by atoms with Crippen LogP contribution in [0.4, 0.5) is 0 Å². The van der Waals surface area contributed by atoms with Crippen molar-refractivity contribution in [3.8, 4) is 5.75 Å². The van der Waals surface area contributed by atoms with Gasteiger partial charge in [-0.25, -0.2) is 0 Å². The van der Waals surface area contributed by atoms with E-state index in [9.17, 15) is 0 Å². The molecule has 2 nitrogen and oxygen atoms in total. The van der Waals surface area contributed by atoms with Crippen LogP contribution in [-0.4, -0.2) is 7.11 Å². The number of hydrogen-bond acceptors (Lipinski definition) is 2. The lowest BCUT2D eigenvalue weighted by Gasteiger charge is -2.15. The largest absolute Gasteiger partial charge is 0.497 e. The Bertz CT molecular complexity index is 566. The van der Waals surface area contributed by atoms with Gasteiger partial charge in [-0.3, -0.25) is 0 Å². The lowest BCUT2D eigenvalue weighted by Crippen LogP contribution is -2.18. The maximum Gasteiger partial charge on any atom is 0.119 e. The smallest absolute Gasteiger partial charge is 0.119 e. The highest BCUT2D eigenvalue weighted by Crippen LogP contribution is 2.21. The molecule has 0 bridgehead atoms. The number of ether oxygens (including phenoxy) is 1. The van der Waals surface area contributed by atoms with E-state index < -0.39 is 0 Å². The number of methoxy groups -OCH3 is 1. The summed E-state index contributed by atoms with van der Waals surface area (Å²) < 4.78 is 5.24. The van der Waals surface area contributed by atoms with E-state index in [2.05, 4.69) is 18.3 Å². The molecule has 0 aliphatic carbocycles. The van der Waals surface area contributed by atoms with Crippen molar-refractivity contribution in [2.75, 3.05) is 7.11 Å². The quantitative estimate of drug-likeness (QED) is 0.852. The summed E-state index contributed by atoms with van der Waals surface area (Å²) in [5.74, 6) is 0.863. The Labute approximate surface area is 129 Å². The number of rotatable bonds is 5. The molecule has 0 saturated carbocycles. The predicted molar refractivity (Wildman–Crippen MR) is 84.7 cm³/mol. The molecule has 1 N–H and O–H groups in total. The Hall–Kier alpha value is -1.22. The van der Waals surface area contributed by atoms with Crippen molar-refractivity contribution >= 4 is 23.2 Å². The molecular weight excluding hydrogens is 293 g/mol. The summed E-state index contributed by atoms with van der Waals surface area (Å²) in [6.45, 7) is 2.82. The molecule has 0 radical (unpaired) electrons. The van der Waals surface area contributed by atoms with Crippen LogP contribution in [0.2, 0.25) is 10.0 Å². The minimum Gasteiger partial charge on any atom is -0.497 e. The van der Waals surface area contributed by atoms with Gasteiger partial charge >= 0.3 is 0 Å². The van der Waals surface area contributed by atoms with Crippen LogP contribution in [0.3, 0.4) is 0 Å². The van der Waals surface area contributed by atoms with Crippen LogP contribution in [-0.2, 0) is 6.54 Å². The van der Waals surface area contributed by atoms with E-state index >= 15 is 0 Å². The van der Waals surface area contributed by atoms with Crippen molar-refractivity contribution in [3.05, 3.63) is 63.6 Å². The van der Waals surface area contributed by atoms with Gasteiger partial charge in [-0.15, -0.1) is 0 Å². The van der Waals surface area contributed by atoms with E-state index in [0.29, 0.717) is 16.6 Å². The maximum absolute atomic E-state index is 5.99. The van der Waals surface area contributed by atoms with Crippen LogP contribution in [0.5, 0.6) is 5.75 Å². The van der Waals surface area contributed by atoms with Gasteiger partial charge in [0.25, 0.3) is 0 Å². The third-order valence-corrected chi connectivity index (χ3v) is 3.56. The number of hydrogen-bond donors (Lipinski definition) is 1. The zero-order chi connectivity index (χ0) is 14.5. The first-order valence-electron chi connectivity index (χ1n) is 6.41. The summed E-state index contributed by atoms with van der Waals surface area (Å²) in [4.78, 5) is 0. The van der Waals surface area contributed by atoms with E-state index in [-0.39, 0.29) is 6.04 Å². The second kappa shape index (κ2) is 6.98. The van der Waals surface area contributed by atoms with Crippen LogP contribution in [0.25, 0.3) is 0 Å². The van der Waals surface area contributed by atoms with Crippen LogP contribution < -0.4 is 10.1 Å². The van der Waals surface area contributed by atoms with Crippen molar-refractivity contribution in [1.82, 2.24) is 5.32 Å². The number of halogens is 2. The topological polar surface area (TPSA) is 21.3 Å². The number of benzene rings is 2. The molecule has 106 valence electrons. The average molecular weight is 310 g/mol. The van der Waals surface area contributed by atoms with Gasteiger partial charge in [0.1, 0.15) is 5.75 Å². The summed E-state index contributed by atoms with van der Waals surface area (Å²) >= 11 is 12.0. The van der Waals surface area contributed by atoms with Gasteiger partial charge in [0, 0.05) is 22.6 Å². The molecule has 0 fully saturated rings. The first-order valence-corrected chi connectivity index (χ1v) is 7.16. The van der Waals surface area contributed by atoms with Crippen LogP contribution in [0.1, 0.15) is 24.1 Å². The highest BCUT2D eigenvalue weighted by atomic mass is 35.5. The fourth-order valence-corrected chi connectivity index (χ4v) is 2.58. The summed E-state index contributed by atoms with van der Waals surface area (Å²) in [7, 11) is 1.67. The Morgan fingerprint density at radius 3 is 2.45 bits per heavy atom. The molecule has 0 unspecified atom stereocenters. The van der Waals surface area contributed by atoms with E-state index in [4.69, 9.17) is 27.9 Å². The Kier molecular flexibility index (Phi) is 5.30. The summed E-state index contributed by atoms with van der Waals surface area (Å²) in [5.41, 5.74) is 2.25. The molecule has 0 spiro atoms. The fraction of sp³-hybridized carbons (Fsp3) is 0.250. The van der Waals surface area contributed by atoms with Crippen molar-refractivity contribution in [1.29, 1.82) is 0 Å². The third-order valence-electron chi connectivity index (χ3n) is 3.13. The zero-order valence-electron chi connectivity index (χ0n) is 11.5. The lowest BCUT2D eigenvalue weighted by atomic mass is 10.1. The molecule has 2 aromatic carbocycles. The van der Waals surface area contributed by atoms with Crippen molar-refractivity contribution in [2.45, 2.75) is 19.5 Å². The second-order valence-corrected chi connectivity index (χ2v) is 5.53. The average Bonchev–Trinajstić information content (AvgIpc) is 2.44. The molecule has 2 rings (SSSR count). The Balaban J connectivity index is 2.02. The molecule has 0 amide bonds. The molecule has 20 heavy (non-hydrogen) atoms. The van der Waals surface area contributed by atoms with Crippen LogP contribution >= 0.6 is 23.2 Å². The minimum atomic E-state index is 0.211.